The van der Waals surface area contributed by atoms with Gasteiger partial charge in [-0.3, -0.25) is 0 Å². The first-order chi connectivity index (χ1) is 9.69. The summed E-state index contributed by atoms with van der Waals surface area (Å²) in [5, 5.41) is 4.55. The lowest BCUT2D eigenvalue weighted by molar-refractivity contribution is 0.415. The van der Waals surface area contributed by atoms with Gasteiger partial charge >= 0.3 is 0 Å². The molecule has 7 heteroatoms. The first-order valence-electron chi connectivity index (χ1n) is 5.89. The van der Waals surface area contributed by atoms with Crippen molar-refractivity contribution in [2.24, 2.45) is 0 Å². The SMILES string of the molecule is COc1ccc(-c2noc(-c3c(C)nsc3N)n2)cc1. The highest BCUT2D eigenvalue weighted by atomic mass is 32.1. The molecule has 0 spiro atoms. The molecular formula is C13H12N4O2S. The van der Waals surface area contributed by atoms with E-state index in [9.17, 15) is 0 Å². The number of aryl methyl sites for hydroxylation is 1. The minimum absolute atomic E-state index is 0.388. The molecule has 3 rings (SSSR count). The summed E-state index contributed by atoms with van der Waals surface area (Å²) >= 11 is 1.22. The van der Waals surface area contributed by atoms with Gasteiger partial charge in [-0.25, -0.2) is 0 Å². The largest absolute Gasteiger partial charge is 0.497 e. The van der Waals surface area contributed by atoms with Crippen molar-refractivity contribution in [1.29, 1.82) is 0 Å². The molecule has 0 aliphatic carbocycles. The maximum atomic E-state index is 5.87. The molecule has 0 radical (unpaired) electrons. The van der Waals surface area contributed by atoms with Gasteiger partial charge < -0.3 is 15.0 Å². The number of methoxy groups -OCH3 is 1. The van der Waals surface area contributed by atoms with Crippen LogP contribution >= 0.6 is 11.5 Å². The molecular weight excluding hydrogens is 276 g/mol. The van der Waals surface area contributed by atoms with E-state index in [2.05, 4.69) is 14.5 Å². The number of nitrogens with two attached hydrogens (primary N) is 1. The molecule has 2 aromatic heterocycles. The van der Waals surface area contributed by atoms with Crippen LogP contribution < -0.4 is 10.5 Å². The van der Waals surface area contributed by atoms with Gasteiger partial charge in [0.2, 0.25) is 5.82 Å². The molecule has 0 saturated heterocycles. The van der Waals surface area contributed by atoms with E-state index in [1.54, 1.807) is 7.11 Å². The Morgan fingerprint density at radius 1 is 1.25 bits per heavy atom. The Hall–Kier alpha value is -2.41. The fourth-order valence-electron chi connectivity index (χ4n) is 1.83. The van der Waals surface area contributed by atoms with Crippen molar-refractivity contribution in [3.63, 3.8) is 0 Å². The highest BCUT2D eigenvalue weighted by Gasteiger charge is 2.18. The van der Waals surface area contributed by atoms with Gasteiger partial charge in [0, 0.05) is 5.56 Å². The van der Waals surface area contributed by atoms with Crippen LogP contribution in [0.3, 0.4) is 0 Å². The van der Waals surface area contributed by atoms with Gasteiger partial charge in [0.05, 0.1) is 18.4 Å². The second-order valence-electron chi connectivity index (χ2n) is 4.16. The third-order valence-electron chi connectivity index (χ3n) is 2.88. The molecule has 0 saturated carbocycles. The Balaban J connectivity index is 1.97. The summed E-state index contributed by atoms with van der Waals surface area (Å²) < 4.78 is 14.6. The van der Waals surface area contributed by atoms with E-state index in [0.29, 0.717) is 22.3 Å². The van der Waals surface area contributed by atoms with Crippen LogP contribution in [0.1, 0.15) is 5.69 Å². The van der Waals surface area contributed by atoms with Gasteiger partial charge in [0.25, 0.3) is 5.89 Å². The van der Waals surface area contributed by atoms with Crippen molar-refractivity contribution in [1.82, 2.24) is 14.5 Å². The Kier molecular flexibility index (Phi) is 3.11. The first kappa shape index (κ1) is 12.6. The fraction of sp³-hybridized carbons (Fsp3) is 0.154. The number of benzene rings is 1. The highest BCUT2D eigenvalue weighted by molar-refractivity contribution is 7.10. The minimum Gasteiger partial charge on any atom is -0.497 e. The van der Waals surface area contributed by atoms with E-state index in [4.69, 9.17) is 15.0 Å². The van der Waals surface area contributed by atoms with Crippen molar-refractivity contribution < 1.29 is 9.26 Å². The predicted molar refractivity (Wildman–Crippen MR) is 76.5 cm³/mol. The minimum atomic E-state index is 0.388. The summed E-state index contributed by atoms with van der Waals surface area (Å²) in [6, 6.07) is 7.43. The molecule has 0 bridgehead atoms. The summed E-state index contributed by atoms with van der Waals surface area (Å²) in [6.07, 6.45) is 0. The zero-order valence-corrected chi connectivity index (χ0v) is 11.8. The maximum Gasteiger partial charge on any atom is 0.263 e. The van der Waals surface area contributed by atoms with Gasteiger partial charge in [0.15, 0.2) is 0 Å². The molecule has 0 unspecified atom stereocenters. The second kappa shape index (κ2) is 4.93. The Bertz CT molecular complexity index is 714. The van der Waals surface area contributed by atoms with Crippen LogP contribution in [-0.2, 0) is 0 Å². The quantitative estimate of drug-likeness (QED) is 0.797. The molecule has 0 atom stereocenters. The number of anilines is 1. The number of ether oxygens (including phenoxy) is 1. The van der Waals surface area contributed by atoms with E-state index >= 15 is 0 Å². The van der Waals surface area contributed by atoms with Crippen LogP contribution in [0.4, 0.5) is 5.00 Å². The van der Waals surface area contributed by atoms with Crippen LogP contribution in [0.25, 0.3) is 22.8 Å². The topological polar surface area (TPSA) is 87.1 Å². The number of nitrogens with zero attached hydrogens (tertiary/aromatic N) is 3. The Morgan fingerprint density at radius 3 is 2.60 bits per heavy atom. The van der Waals surface area contributed by atoms with Crippen LogP contribution in [0.5, 0.6) is 5.75 Å². The summed E-state index contributed by atoms with van der Waals surface area (Å²) in [4.78, 5) is 4.37. The van der Waals surface area contributed by atoms with Gasteiger partial charge in [-0.05, 0) is 42.7 Å². The lowest BCUT2D eigenvalue weighted by Gasteiger charge is -1.98. The van der Waals surface area contributed by atoms with Gasteiger partial charge in [-0.1, -0.05) is 5.16 Å². The van der Waals surface area contributed by atoms with E-state index < -0.39 is 0 Å². The Morgan fingerprint density at radius 2 is 2.00 bits per heavy atom. The molecule has 3 aromatic rings. The van der Waals surface area contributed by atoms with Crippen molar-refractivity contribution in [2.45, 2.75) is 6.92 Å². The van der Waals surface area contributed by atoms with Crippen LogP contribution in [0.2, 0.25) is 0 Å². The number of hydrogen-bond acceptors (Lipinski definition) is 7. The zero-order valence-electron chi connectivity index (χ0n) is 11.0. The summed E-state index contributed by atoms with van der Waals surface area (Å²) in [5.74, 6) is 1.67. The van der Waals surface area contributed by atoms with Crippen LogP contribution in [0.15, 0.2) is 28.8 Å². The molecule has 102 valence electrons. The third kappa shape index (κ3) is 2.12. The van der Waals surface area contributed by atoms with Crippen molar-refractivity contribution >= 4 is 16.5 Å². The Labute approximate surface area is 119 Å². The predicted octanol–water partition coefficient (Wildman–Crippen LogP) is 2.76. The smallest absolute Gasteiger partial charge is 0.263 e. The summed E-state index contributed by atoms with van der Waals surface area (Å²) in [6.45, 7) is 1.86. The maximum absolute atomic E-state index is 5.87. The molecule has 2 heterocycles. The lowest BCUT2D eigenvalue weighted by atomic mass is 10.2. The van der Waals surface area contributed by atoms with Gasteiger partial charge in [0.1, 0.15) is 10.8 Å². The molecule has 0 aliphatic rings. The summed E-state index contributed by atoms with van der Waals surface area (Å²) in [7, 11) is 1.62. The van der Waals surface area contributed by atoms with Crippen molar-refractivity contribution in [3.05, 3.63) is 30.0 Å². The van der Waals surface area contributed by atoms with E-state index in [0.717, 1.165) is 17.0 Å². The molecule has 20 heavy (non-hydrogen) atoms. The van der Waals surface area contributed by atoms with E-state index in [1.165, 1.54) is 11.5 Å². The van der Waals surface area contributed by atoms with Crippen molar-refractivity contribution in [3.8, 4) is 28.6 Å². The summed E-state index contributed by atoms with van der Waals surface area (Å²) in [5.41, 5.74) is 8.22. The average Bonchev–Trinajstić information content (AvgIpc) is 3.06. The normalized spacial score (nSPS) is 10.7. The van der Waals surface area contributed by atoms with Crippen LogP contribution in [-0.4, -0.2) is 21.6 Å². The number of nitrogen functional groups attached to an aromatic ring is 1. The standard InChI is InChI=1S/C13H12N4O2S/c1-7-10(11(14)20-17-7)13-15-12(16-19-13)8-3-5-9(18-2)6-4-8/h3-6H,14H2,1-2H3. The molecule has 6 nitrogen and oxygen atoms in total. The van der Waals surface area contributed by atoms with E-state index in [1.807, 2.05) is 31.2 Å². The fourth-order valence-corrected chi connectivity index (χ4v) is 2.48. The average molecular weight is 288 g/mol. The van der Waals surface area contributed by atoms with Crippen molar-refractivity contribution in [2.75, 3.05) is 12.8 Å². The molecule has 0 amide bonds. The molecule has 0 fully saturated rings. The molecule has 1 aromatic carbocycles. The van der Waals surface area contributed by atoms with E-state index in [-0.39, 0.29) is 0 Å². The molecule has 2 N–H and O–H groups in total. The van der Waals surface area contributed by atoms with Gasteiger partial charge in [-0.2, -0.15) is 9.36 Å². The number of aromatic nitrogens is 3. The lowest BCUT2D eigenvalue weighted by Crippen LogP contribution is -1.87. The monoisotopic (exact) mass is 288 g/mol. The number of rotatable bonds is 3. The number of hydrogen-bond donors (Lipinski definition) is 1. The zero-order chi connectivity index (χ0) is 14.1. The second-order valence-corrected chi connectivity index (χ2v) is 4.96. The molecule has 0 aliphatic heterocycles. The first-order valence-corrected chi connectivity index (χ1v) is 6.66. The van der Waals surface area contributed by atoms with Crippen LogP contribution in [0, 0.1) is 6.92 Å². The van der Waals surface area contributed by atoms with Gasteiger partial charge in [-0.15, -0.1) is 0 Å². The third-order valence-corrected chi connectivity index (χ3v) is 3.64. The highest BCUT2D eigenvalue weighted by Crippen LogP contribution is 2.32.